The Kier molecular flexibility index (Phi) is 4.99. The van der Waals surface area contributed by atoms with Gasteiger partial charge in [-0.3, -0.25) is 19.8 Å². The van der Waals surface area contributed by atoms with Gasteiger partial charge in [-0.25, -0.2) is 0 Å². The molecule has 6 nitrogen and oxygen atoms in total. The lowest BCUT2D eigenvalue weighted by atomic mass is 10.1. The molecule has 0 radical (unpaired) electrons. The first-order valence-corrected chi connectivity index (χ1v) is 9.68. The topological polar surface area (TPSA) is 72.7 Å². The molecule has 3 aromatic rings. The number of carbonyl (C=O) groups is 1. The summed E-state index contributed by atoms with van der Waals surface area (Å²) in [6.07, 6.45) is 0. The number of benzene rings is 3. The van der Waals surface area contributed by atoms with E-state index in [0.29, 0.717) is 17.0 Å². The second kappa shape index (κ2) is 7.74. The average molecular weight is 392 g/mol. The highest BCUT2D eigenvalue weighted by molar-refractivity contribution is 8.00. The standard InChI is InChI=1S/C21H16N2O4S/c24-20-14-28-21(18-8-4-5-9-19(18)23(25)26)22(20)15-10-12-17(13-11-15)27-16-6-2-1-3-7-16/h1-13,21H,14H2/t21-/m1/s1. The van der Waals surface area contributed by atoms with Crippen molar-refractivity contribution in [2.45, 2.75) is 5.37 Å². The van der Waals surface area contributed by atoms with Crippen LogP contribution in [0.25, 0.3) is 0 Å². The number of nitro groups is 1. The molecule has 3 aromatic carbocycles. The van der Waals surface area contributed by atoms with Crippen LogP contribution in [0, 0.1) is 10.1 Å². The lowest BCUT2D eigenvalue weighted by Gasteiger charge is -2.24. The molecule has 1 atom stereocenters. The van der Waals surface area contributed by atoms with Crippen molar-refractivity contribution in [3.8, 4) is 11.5 Å². The zero-order valence-corrected chi connectivity index (χ0v) is 15.5. The minimum absolute atomic E-state index is 0.0173. The third-order valence-corrected chi connectivity index (χ3v) is 5.56. The zero-order valence-electron chi connectivity index (χ0n) is 14.7. The fraction of sp³-hybridized carbons (Fsp3) is 0.0952. The van der Waals surface area contributed by atoms with Crippen LogP contribution in [0.3, 0.4) is 0 Å². The van der Waals surface area contributed by atoms with Crippen LogP contribution < -0.4 is 9.64 Å². The van der Waals surface area contributed by atoms with Crippen LogP contribution in [0.4, 0.5) is 11.4 Å². The monoisotopic (exact) mass is 392 g/mol. The van der Waals surface area contributed by atoms with Crippen LogP contribution in [0.2, 0.25) is 0 Å². The fourth-order valence-corrected chi connectivity index (χ4v) is 4.30. The predicted molar refractivity (Wildman–Crippen MR) is 109 cm³/mol. The Balaban J connectivity index is 1.62. The third-order valence-electron chi connectivity index (χ3n) is 4.36. The molecular formula is C21H16N2O4S. The van der Waals surface area contributed by atoms with E-state index in [0.717, 1.165) is 5.75 Å². The number of hydrogen-bond donors (Lipinski definition) is 0. The minimum atomic E-state index is -0.435. The highest BCUT2D eigenvalue weighted by Gasteiger charge is 2.37. The van der Waals surface area contributed by atoms with Gasteiger partial charge in [-0.15, -0.1) is 11.8 Å². The molecule has 0 N–H and O–H groups in total. The Hall–Kier alpha value is -3.32. The maximum absolute atomic E-state index is 12.5. The average Bonchev–Trinajstić information content (AvgIpc) is 3.10. The first kappa shape index (κ1) is 18.1. The highest BCUT2D eigenvalue weighted by atomic mass is 32.2. The van der Waals surface area contributed by atoms with Crippen molar-refractivity contribution in [2.24, 2.45) is 0 Å². The molecule has 1 aliphatic rings. The molecule has 1 heterocycles. The molecule has 4 rings (SSSR count). The molecule has 7 heteroatoms. The third kappa shape index (κ3) is 3.57. The molecule has 140 valence electrons. The molecule has 28 heavy (non-hydrogen) atoms. The Labute approximate surface area is 165 Å². The molecule has 0 aromatic heterocycles. The van der Waals surface area contributed by atoms with Gasteiger partial charge in [-0.2, -0.15) is 0 Å². The summed E-state index contributed by atoms with van der Waals surface area (Å²) in [6.45, 7) is 0. The molecule has 0 saturated carbocycles. The van der Waals surface area contributed by atoms with E-state index in [4.69, 9.17) is 4.74 Å². The lowest BCUT2D eigenvalue weighted by Crippen LogP contribution is -2.28. The second-order valence-electron chi connectivity index (χ2n) is 6.15. The minimum Gasteiger partial charge on any atom is -0.457 e. The van der Waals surface area contributed by atoms with Crippen molar-refractivity contribution in [3.05, 3.63) is 94.5 Å². The molecule has 0 aliphatic carbocycles. The van der Waals surface area contributed by atoms with Gasteiger partial charge in [0.1, 0.15) is 16.9 Å². The van der Waals surface area contributed by atoms with Gasteiger partial charge in [0.05, 0.1) is 16.2 Å². The van der Waals surface area contributed by atoms with Gasteiger partial charge in [0.2, 0.25) is 5.91 Å². The summed E-state index contributed by atoms with van der Waals surface area (Å²) in [5.74, 6) is 1.57. The number of ether oxygens (including phenoxy) is 1. The summed E-state index contributed by atoms with van der Waals surface area (Å²) in [7, 11) is 0. The summed E-state index contributed by atoms with van der Waals surface area (Å²) in [5, 5.41) is 11.0. The van der Waals surface area contributed by atoms with Crippen LogP contribution in [-0.4, -0.2) is 16.6 Å². The van der Waals surface area contributed by atoms with E-state index in [9.17, 15) is 14.9 Å². The Morgan fingerprint density at radius 1 is 0.929 bits per heavy atom. The van der Waals surface area contributed by atoms with Gasteiger partial charge in [-0.1, -0.05) is 30.3 Å². The van der Waals surface area contributed by atoms with E-state index in [1.165, 1.54) is 17.8 Å². The first-order chi connectivity index (χ1) is 13.6. The molecule has 0 spiro atoms. The van der Waals surface area contributed by atoms with Crippen LogP contribution in [0.1, 0.15) is 10.9 Å². The summed E-state index contributed by atoms with van der Waals surface area (Å²) in [6, 6.07) is 23.1. The van der Waals surface area contributed by atoms with Crippen LogP contribution in [0.15, 0.2) is 78.9 Å². The van der Waals surface area contributed by atoms with Crippen LogP contribution in [-0.2, 0) is 4.79 Å². The molecule has 1 amide bonds. The molecule has 1 saturated heterocycles. The number of anilines is 1. The molecule has 0 bridgehead atoms. The van der Waals surface area contributed by atoms with Crippen molar-refractivity contribution < 1.29 is 14.5 Å². The Morgan fingerprint density at radius 3 is 2.29 bits per heavy atom. The summed E-state index contributed by atoms with van der Waals surface area (Å²) < 4.78 is 5.79. The largest absolute Gasteiger partial charge is 0.457 e. The van der Waals surface area contributed by atoms with Crippen LogP contribution in [0.5, 0.6) is 11.5 Å². The van der Waals surface area contributed by atoms with Crippen molar-refractivity contribution in [1.82, 2.24) is 0 Å². The Bertz CT molecular complexity index is 1010. The number of nitrogens with zero attached hydrogens (tertiary/aromatic N) is 2. The van der Waals surface area contributed by atoms with Crippen molar-refractivity contribution in [3.63, 3.8) is 0 Å². The van der Waals surface area contributed by atoms with E-state index in [-0.39, 0.29) is 17.3 Å². The normalized spacial score (nSPS) is 16.2. The van der Waals surface area contributed by atoms with E-state index >= 15 is 0 Å². The number of rotatable bonds is 5. The van der Waals surface area contributed by atoms with Crippen LogP contribution >= 0.6 is 11.8 Å². The smallest absolute Gasteiger partial charge is 0.275 e. The maximum atomic E-state index is 12.5. The van der Waals surface area contributed by atoms with Gasteiger partial charge >= 0.3 is 0 Å². The summed E-state index contributed by atoms with van der Waals surface area (Å²) in [5.41, 5.74) is 1.22. The summed E-state index contributed by atoms with van der Waals surface area (Å²) in [4.78, 5) is 25.1. The zero-order chi connectivity index (χ0) is 19.5. The van der Waals surface area contributed by atoms with Gasteiger partial charge in [0.15, 0.2) is 0 Å². The van der Waals surface area contributed by atoms with Crippen molar-refractivity contribution >= 4 is 29.0 Å². The molecule has 0 unspecified atom stereocenters. The number of carbonyl (C=O) groups excluding carboxylic acids is 1. The van der Waals surface area contributed by atoms with E-state index in [2.05, 4.69) is 0 Å². The van der Waals surface area contributed by atoms with Gasteiger partial charge in [-0.05, 0) is 42.5 Å². The van der Waals surface area contributed by atoms with E-state index in [1.807, 2.05) is 30.3 Å². The predicted octanol–water partition coefficient (Wildman–Crippen LogP) is 5.17. The molecule has 1 fully saturated rings. The number of thioether (sulfide) groups is 1. The SMILES string of the molecule is O=C1CS[C@H](c2ccccc2[N+](=O)[O-])N1c1ccc(Oc2ccccc2)cc1. The number of hydrogen-bond acceptors (Lipinski definition) is 5. The second-order valence-corrected chi connectivity index (χ2v) is 7.22. The van der Waals surface area contributed by atoms with E-state index < -0.39 is 10.3 Å². The first-order valence-electron chi connectivity index (χ1n) is 8.63. The number of nitro benzene ring substituents is 1. The maximum Gasteiger partial charge on any atom is 0.275 e. The highest BCUT2D eigenvalue weighted by Crippen LogP contribution is 2.44. The quantitative estimate of drug-likeness (QED) is 0.443. The number of amides is 1. The number of para-hydroxylation sites is 2. The van der Waals surface area contributed by atoms with Gasteiger partial charge in [0, 0.05) is 11.8 Å². The van der Waals surface area contributed by atoms with Gasteiger partial charge < -0.3 is 4.74 Å². The van der Waals surface area contributed by atoms with E-state index in [1.54, 1.807) is 47.4 Å². The molecular weight excluding hydrogens is 376 g/mol. The van der Waals surface area contributed by atoms with Gasteiger partial charge in [0.25, 0.3) is 5.69 Å². The van der Waals surface area contributed by atoms with Crippen molar-refractivity contribution in [2.75, 3.05) is 10.7 Å². The summed E-state index contributed by atoms with van der Waals surface area (Å²) >= 11 is 1.39. The molecule has 1 aliphatic heterocycles. The fourth-order valence-electron chi connectivity index (χ4n) is 3.10. The Morgan fingerprint density at radius 2 is 1.57 bits per heavy atom. The lowest BCUT2D eigenvalue weighted by molar-refractivity contribution is -0.385. The van der Waals surface area contributed by atoms with Crippen molar-refractivity contribution in [1.29, 1.82) is 0 Å².